The maximum absolute atomic E-state index is 13.5. The van der Waals surface area contributed by atoms with Gasteiger partial charge in [0, 0.05) is 29.8 Å². The predicted molar refractivity (Wildman–Crippen MR) is 146 cm³/mol. The Morgan fingerprint density at radius 3 is 1.31 bits per heavy atom. The summed E-state index contributed by atoms with van der Waals surface area (Å²) in [6.07, 6.45) is -10.7. The first kappa shape index (κ1) is 34.2. The number of rotatable bonds is 10. The topological polar surface area (TPSA) is 208 Å². The van der Waals surface area contributed by atoms with Crippen molar-refractivity contribution in [2.45, 2.75) is 12.4 Å². The third-order valence-corrected chi connectivity index (χ3v) is 6.22. The number of benzene rings is 4. The van der Waals surface area contributed by atoms with Crippen molar-refractivity contribution in [3.63, 3.8) is 0 Å². The third kappa shape index (κ3) is 6.93. The van der Waals surface area contributed by atoms with Crippen molar-refractivity contribution < 1.29 is 60.3 Å². The molecule has 0 aliphatic carbocycles. The Balaban J connectivity index is 2.07. The van der Waals surface area contributed by atoms with E-state index in [1.165, 1.54) is 30.3 Å². The maximum Gasteiger partial charge on any atom is 0.416 e. The SMILES string of the molecule is O=C(c1ccccc1)c1cccc(Oc2c([N+](=O)[O-])cc(C(F)(F)F)cc2[N+](=O)[O-])c1Oc1c([N+](=O)[O-])cc(C(F)(F)F)cc1[N+](=O)[O-]. The Bertz CT molecular complexity index is 1930. The zero-order chi connectivity index (χ0) is 35.7. The van der Waals surface area contributed by atoms with E-state index in [1.807, 2.05) is 0 Å². The van der Waals surface area contributed by atoms with Crippen LogP contribution in [0.3, 0.4) is 0 Å². The fraction of sp³-hybridized carbons (Fsp3) is 0.0741. The van der Waals surface area contributed by atoms with Crippen LogP contribution >= 0.6 is 0 Å². The number of nitro groups is 4. The number of alkyl halides is 6. The number of para-hydroxylation sites is 1. The molecule has 0 unspecified atom stereocenters. The molecule has 4 aromatic carbocycles. The second-order valence-corrected chi connectivity index (χ2v) is 9.24. The molecule has 0 N–H and O–H groups in total. The molecular weight excluding hydrogens is 670 g/mol. The van der Waals surface area contributed by atoms with Gasteiger partial charge in [-0.3, -0.25) is 45.3 Å². The van der Waals surface area contributed by atoms with Crippen molar-refractivity contribution in [1.82, 2.24) is 0 Å². The molecule has 0 radical (unpaired) electrons. The highest BCUT2D eigenvalue weighted by molar-refractivity contribution is 6.11. The minimum absolute atomic E-state index is 0.118. The van der Waals surface area contributed by atoms with Crippen LogP contribution in [0, 0.1) is 40.5 Å². The molecule has 0 heterocycles. The molecule has 0 aromatic heterocycles. The predicted octanol–water partition coefficient (Wildman–Crippen LogP) is 8.17. The number of ether oxygens (including phenoxy) is 2. The van der Waals surface area contributed by atoms with Gasteiger partial charge < -0.3 is 9.47 Å². The van der Waals surface area contributed by atoms with Gasteiger partial charge in [-0.15, -0.1) is 0 Å². The summed E-state index contributed by atoms with van der Waals surface area (Å²) in [7, 11) is 0. The van der Waals surface area contributed by atoms with Crippen molar-refractivity contribution in [1.29, 1.82) is 0 Å². The Morgan fingerprint density at radius 2 is 0.938 bits per heavy atom. The van der Waals surface area contributed by atoms with Crippen LogP contribution in [0.1, 0.15) is 27.0 Å². The quantitative estimate of drug-likeness (QED) is 0.0674. The van der Waals surface area contributed by atoms with Crippen LogP contribution in [-0.2, 0) is 12.4 Å². The Kier molecular flexibility index (Phi) is 8.99. The van der Waals surface area contributed by atoms with Gasteiger partial charge in [-0.25, -0.2) is 0 Å². The Labute approximate surface area is 260 Å². The van der Waals surface area contributed by atoms with Gasteiger partial charge >= 0.3 is 35.1 Å². The van der Waals surface area contributed by atoms with Crippen LogP contribution in [-0.4, -0.2) is 25.5 Å². The van der Waals surface area contributed by atoms with E-state index in [1.54, 1.807) is 0 Å². The molecule has 0 saturated carbocycles. The summed E-state index contributed by atoms with van der Waals surface area (Å²) >= 11 is 0. The van der Waals surface area contributed by atoms with Gasteiger partial charge in [0.1, 0.15) is 0 Å². The molecule has 248 valence electrons. The smallest absolute Gasteiger partial charge is 0.416 e. The molecule has 0 fully saturated rings. The maximum atomic E-state index is 13.5. The summed E-state index contributed by atoms with van der Waals surface area (Å²) in [6.45, 7) is 0. The van der Waals surface area contributed by atoms with Crippen LogP contribution in [0.2, 0.25) is 0 Å². The largest absolute Gasteiger partial charge is 0.440 e. The van der Waals surface area contributed by atoms with E-state index in [0.29, 0.717) is 0 Å². The molecule has 15 nitrogen and oxygen atoms in total. The lowest BCUT2D eigenvalue weighted by molar-refractivity contribution is -0.396. The summed E-state index contributed by atoms with van der Waals surface area (Å²) in [5.74, 6) is -6.15. The van der Waals surface area contributed by atoms with Crippen LogP contribution in [0.4, 0.5) is 49.1 Å². The van der Waals surface area contributed by atoms with Gasteiger partial charge in [0.2, 0.25) is 0 Å². The Hall–Kier alpha value is -6.67. The Morgan fingerprint density at radius 1 is 0.542 bits per heavy atom. The van der Waals surface area contributed by atoms with E-state index < -0.39 is 100 Å². The lowest BCUT2D eigenvalue weighted by atomic mass is 10.0. The number of nitrogens with zero attached hydrogens (tertiary/aromatic N) is 4. The van der Waals surface area contributed by atoms with Crippen molar-refractivity contribution in [2.24, 2.45) is 0 Å². The second-order valence-electron chi connectivity index (χ2n) is 9.24. The highest BCUT2D eigenvalue weighted by Crippen LogP contribution is 2.50. The van der Waals surface area contributed by atoms with E-state index in [4.69, 9.17) is 9.47 Å². The van der Waals surface area contributed by atoms with Crippen molar-refractivity contribution in [3.8, 4) is 23.0 Å². The summed E-state index contributed by atoms with van der Waals surface area (Å²) in [5.41, 5.74) is -11.1. The first-order chi connectivity index (χ1) is 22.3. The number of hydrogen-bond donors (Lipinski definition) is 0. The fourth-order valence-electron chi connectivity index (χ4n) is 4.11. The lowest BCUT2D eigenvalue weighted by Gasteiger charge is -2.17. The summed E-state index contributed by atoms with van der Waals surface area (Å²) in [4.78, 5) is 54.7. The van der Waals surface area contributed by atoms with E-state index >= 15 is 0 Å². The first-order valence-corrected chi connectivity index (χ1v) is 12.5. The number of carbonyl (C=O) groups is 1. The molecule has 0 amide bonds. The summed E-state index contributed by atoms with van der Waals surface area (Å²) in [6, 6.07) is 8.83. The molecule has 0 spiro atoms. The minimum Gasteiger partial charge on any atom is -0.440 e. The molecular formula is C27H12F6N4O11. The highest BCUT2D eigenvalue weighted by atomic mass is 19.4. The third-order valence-electron chi connectivity index (χ3n) is 6.22. The molecule has 0 aliphatic rings. The van der Waals surface area contributed by atoms with Gasteiger partial charge in [0.25, 0.3) is 11.5 Å². The summed E-state index contributed by atoms with van der Waals surface area (Å²) in [5, 5.41) is 47.2. The van der Waals surface area contributed by atoms with Gasteiger partial charge in [0.15, 0.2) is 17.3 Å². The van der Waals surface area contributed by atoms with Crippen LogP contribution in [0.15, 0.2) is 72.8 Å². The molecule has 0 atom stereocenters. The van der Waals surface area contributed by atoms with E-state index in [-0.39, 0.29) is 29.8 Å². The van der Waals surface area contributed by atoms with Gasteiger partial charge in [-0.05, 0) is 12.1 Å². The van der Waals surface area contributed by atoms with Crippen molar-refractivity contribution in [2.75, 3.05) is 0 Å². The van der Waals surface area contributed by atoms with E-state index in [0.717, 1.165) is 18.2 Å². The molecule has 0 aliphatic heterocycles. The number of ketones is 1. The van der Waals surface area contributed by atoms with Gasteiger partial charge in [0.05, 0.1) is 36.4 Å². The average Bonchev–Trinajstić information content (AvgIpc) is 3.00. The fourth-order valence-corrected chi connectivity index (χ4v) is 4.11. The number of hydrogen-bond acceptors (Lipinski definition) is 11. The zero-order valence-electron chi connectivity index (χ0n) is 23.0. The molecule has 0 saturated heterocycles. The second kappa shape index (κ2) is 12.6. The molecule has 4 rings (SSSR count). The van der Waals surface area contributed by atoms with E-state index in [2.05, 4.69) is 0 Å². The molecule has 4 aromatic rings. The van der Waals surface area contributed by atoms with Gasteiger partial charge in [-0.2, -0.15) is 26.3 Å². The standard InChI is InChI=1S/C27H12F6N4O11/c28-26(29,30)14-9-17(34(39)40)24(18(10-14)35(41)42)47-21-8-4-7-16(22(38)13-5-2-1-3-6-13)23(21)48-25-19(36(43)44)11-15(27(31,32)33)12-20(25)37(45)46/h1-12H. The number of halogens is 6. The van der Waals surface area contributed by atoms with E-state index in [9.17, 15) is 71.6 Å². The zero-order valence-corrected chi connectivity index (χ0v) is 23.0. The van der Waals surface area contributed by atoms with Crippen LogP contribution in [0.5, 0.6) is 23.0 Å². The highest BCUT2D eigenvalue weighted by Gasteiger charge is 2.41. The molecule has 48 heavy (non-hydrogen) atoms. The normalized spacial score (nSPS) is 11.5. The lowest BCUT2D eigenvalue weighted by Crippen LogP contribution is -2.10. The molecule has 21 heteroatoms. The number of nitro benzene ring substituents is 4. The van der Waals surface area contributed by atoms with Crippen molar-refractivity contribution in [3.05, 3.63) is 136 Å². The summed E-state index contributed by atoms with van der Waals surface area (Å²) < 4.78 is 91.4. The van der Waals surface area contributed by atoms with Crippen LogP contribution < -0.4 is 9.47 Å². The average molecular weight is 682 g/mol. The molecule has 0 bridgehead atoms. The van der Waals surface area contributed by atoms with Crippen molar-refractivity contribution >= 4 is 28.5 Å². The van der Waals surface area contributed by atoms with Gasteiger partial charge in [-0.1, -0.05) is 36.4 Å². The number of carbonyl (C=O) groups excluding carboxylic acids is 1. The minimum atomic E-state index is -5.34. The van der Waals surface area contributed by atoms with Crippen LogP contribution in [0.25, 0.3) is 0 Å². The monoisotopic (exact) mass is 682 g/mol. The first-order valence-electron chi connectivity index (χ1n) is 12.5.